The summed E-state index contributed by atoms with van der Waals surface area (Å²) in [6, 6.07) is -0.356. The number of likely N-dealkylation sites (tertiary alicyclic amines) is 1. The number of rotatable bonds is 3. The largest absolute Gasteiger partial charge is 0.417 e. The first-order valence-electron chi connectivity index (χ1n) is 7.71. The Bertz CT molecular complexity index is 386. The van der Waals surface area contributed by atoms with Crippen molar-refractivity contribution in [2.24, 2.45) is 5.92 Å². The van der Waals surface area contributed by atoms with Crippen LogP contribution in [0.4, 0.5) is 18.0 Å². The second kappa shape index (κ2) is 7.04. The van der Waals surface area contributed by atoms with Gasteiger partial charge in [0.05, 0.1) is 0 Å². The van der Waals surface area contributed by atoms with Gasteiger partial charge in [-0.05, 0) is 31.6 Å². The van der Waals surface area contributed by atoms with E-state index < -0.39 is 18.2 Å². The number of nitrogens with zero attached hydrogens (tertiary/aromatic N) is 1. The number of halogens is 3. The average Bonchev–Trinajstić information content (AvgIpc) is 2.86. The second-order valence-electron chi connectivity index (χ2n) is 6.12. The van der Waals surface area contributed by atoms with Crippen molar-refractivity contribution in [3.05, 3.63) is 0 Å². The van der Waals surface area contributed by atoms with E-state index >= 15 is 0 Å². The minimum absolute atomic E-state index is 0.0889. The monoisotopic (exact) mass is 324 g/mol. The number of carbonyl (C=O) groups is 1. The molecule has 0 spiro atoms. The highest BCUT2D eigenvalue weighted by Gasteiger charge is 2.53. The summed E-state index contributed by atoms with van der Waals surface area (Å²) in [5, 5.41) is 12.5. The van der Waals surface area contributed by atoms with Gasteiger partial charge in [0.2, 0.25) is 0 Å². The third kappa shape index (κ3) is 4.25. The molecule has 0 saturated carbocycles. The van der Waals surface area contributed by atoms with Gasteiger partial charge >= 0.3 is 12.2 Å². The maximum Gasteiger partial charge on any atom is 0.417 e. The Morgan fingerprint density at radius 3 is 2.77 bits per heavy atom. The minimum atomic E-state index is -4.65. The first-order valence-corrected chi connectivity index (χ1v) is 7.71. The van der Waals surface area contributed by atoms with Crippen LogP contribution in [0.2, 0.25) is 0 Å². The Kier molecular flexibility index (Phi) is 5.55. The standard InChI is InChI=1S/C14H23F3N2O3/c15-14(16,17)13(21)4-1-7-19(8-5-13)12(20)18-6-2-11-3-9-22-10-11/h11,21H,1-10H2,(H,18,20). The van der Waals surface area contributed by atoms with E-state index in [1.54, 1.807) is 0 Å². The molecule has 0 aromatic carbocycles. The van der Waals surface area contributed by atoms with E-state index in [1.165, 1.54) is 4.90 Å². The van der Waals surface area contributed by atoms with Gasteiger partial charge in [-0.25, -0.2) is 4.79 Å². The minimum Gasteiger partial charge on any atom is -0.381 e. The lowest BCUT2D eigenvalue weighted by molar-refractivity contribution is -0.263. The highest BCUT2D eigenvalue weighted by Crippen LogP contribution is 2.38. The number of nitrogens with one attached hydrogen (secondary N) is 1. The van der Waals surface area contributed by atoms with E-state index in [1.807, 2.05) is 0 Å². The predicted molar refractivity (Wildman–Crippen MR) is 73.4 cm³/mol. The van der Waals surface area contributed by atoms with Crippen molar-refractivity contribution in [2.75, 3.05) is 32.8 Å². The smallest absolute Gasteiger partial charge is 0.381 e. The van der Waals surface area contributed by atoms with Gasteiger partial charge < -0.3 is 20.1 Å². The molecule has 2 rings (SSSR count). The lowest BCUT2D eigenvalue weighted by Gasteiger charge is -2.29. The number of amides is 2. The molecule has 0 aliphatic carbocycles. The fraction of sp³-hybridized carbons (Fsp3) is 0.929. The zero-order chi connectivity index (χ0) is 16.2. The molecule has 0 bridgehead atoms. The molecule has 2 aliphatic heterocycles. The van der Waals surface area contributed by atoms with E-state index in [0.717, 1.165) is 19.4 Å². The van der Waals surface area contributed by atoms with E-state index in [-0.39, 0.29) is 32.0 Å². The predicted octanol–water partition coefficient (Wildman–Crippen LogP) is 1.90. The molecular weight excluding hydrogens is 301 g/mol. The van der Waals surface area contributed by atoms with Gasteiger partial charge in [-0.1, -0.05) is 0 Å². The topological polar surface area (TPSA) is 61.8 Å². The van der Waals surface area contributed by atoms with E-state index in [9.17, 15) is 23.1 Å². The molecule has 2 amide bonds. The van der Waals surface area contributed by atoms with Gasteiger partial charge in [0, 0.05) is 39.3 Å². The molecule has 2 fully saturated rings. The molecule has 2 N–H and O–H groups in total. The fourth-order valence-corrected chi connectivity index (χ4v) is 2.91. The third-order valence-electron chi connectivity index (χ3n) is 4.48. The first-order chi connectivity index (χ1) is 10.3. The Balaban J connectivity index is 1.76. The molecule has 2 aliphatic rings. The van der Waals surface area contributed by atoms with Crippen LogP contribution < -0.4 is 5.32 Å². The number of hydrogen-bond acceptors (Lipinski definition) is 3. The Morgan fingerprint density at radius 2 is 2.14 bits per heavy atom. The van der Waals surface area contributed by atoms with Crippen molar-refractivity contribution >= 4 is 6.03 Å². The summed E-state index contributed by atoms with van der Waals surface area (Å²) >= 11 is 0. The summed E-state index contributed by atoms with van der Waals surface area (Å²) in [7, 11) is 0. The van der Waals surface area contributed by atoms with Gasteiger partial charge in [-0.2, -0.15) is 13.2 Å². The van der Waals surface area contributed by atoms with E-state index in [4.69, 9.17) is 4.74 Å². The third-order valence-corrected chi connectivity index (χ3v) is 4.48. The normalized spacial score (nSPS) is 30.2. The molecular formula is C14H23F3N2O3. The van der Waals surface area contributed by atoms with Crippen molar-refractivity contribution in [2.45, 2.75) is 43.9 Å². The van der Waals surface area contributed by atoms with Gasteiger partial charge in [0.1, 0.15) is 0 Å². The van der Waals surface area contributed by atoms with Crippen LogP contribution >= 0.6 is 0 Å². The van der Waals surface area contributed by atoms with Crippen molar-refractivity contribution < 1.29 is 27.8 Å². The zero-order valence-electron chi connectivity index (χ0n) is 12.5. The van der Waals surface area contributed by atoms with Crippen LogP contribution in [0, 0.1) is 5.92 Å². The first kappa shape index (κ1) is 17.3. The van der Waals surface area contributed by atoms with Gasteiger partial charge in [0.15, 0.2) is 5.60 Å². The summed E-state index contributed by atoms with van der Waals surface area (Å²) < 4.78 is 43.7. The molecule has 8 heteroatoms. The Morgan fingerprint density at radius 1 is 1.36 bits per heavy atom. The summed E-state index contributed by atoms with van der Waals surface area (Å²) in [6.45, 7) is 2.09. The quantitative estimate of drug-likeness (QED) is 0.833. The fourth-order valence-electron chi connectivity index (χ4n) is 2.91. The number of carbonyl (C=O) groups excluding carboxylic acids is 1. The van der Waals surface area contributed by atoms with Crippen molar-refractivity contribution in [1.29, 1.82) is 0 Å². The molecule has 0 aromatic heterocycles. The highest BCUT2D eigenvalue weighted by molar-refractivity contribution is 5.74. The molecule has 128 valence electrons. The second-order valence-corrected chi connectivity index (χ2v) is 6.12. The Hall–Kier alpha value is -1.02. The van der Waals surface area contributed by atoms with Crippen LogP contribution in [0.3, 0.4) is 0 Å². The summed E-state index contributed by atoms with van der Waals surface area (Å²) in [5.41, 5.74) is -2.68. The average molecular weight is 324 g/mol. The highest BCUT2D eigenvalue weighted by atomic mass is 19.4. The van der Waals surface area contributed by atoms with Gasteiger partial charge in [-0.3, -0.25) is 0 Å². The molecule has 5 nitrogen and oxygen atoms in total. The maximum absolute atomic E-state index is 12.8. The van der Waals surface area contributed by atoms with Crippen molar-refractivity contribution in [3.8, 4) is 0 Å². The van der Waals surface area contributed by atoms with E-state index in [2.05, 4.69) is 5.32 Å². The molecule has 0 radical (unpaired) electrons. The Labute approximate surface area is 127 Å². The number of urea groups is 1. The number of hydrogen-bond donors (Lipinski definition) is 2. The molecule has 0 aromatic rings. The lowest BCUT2D eigenvalue weighted by atomic mass is 9.94. The molecule has 2 heterocycles. The maximum atomic E-state index is 12.8. The van der Waals surface area contributed by atoms with Crippen LogP contribution in [-0.4, -0.2) is 60.7 Å². The van der Waals surface area contributed by atoms with Crippen molar-refractivity contribution in [3.63, 3.8) is 0 Å². The van der Waals surface area contributed by atoms with E-state index in [0.29, 0.717) is 19.1 Å². The summed E-state index contributed by atoms with van der Waals surface area (Å²) in [4.78, 5) is 13.4. The van der Waals surface area contributed by atoms with Gasteiger partial charge in [0.25, 0.3) is 0 Å². The number of ether oxygens (including phenoxy) is 1. The lowest BCUT2D eigenvalue weighted by Crippen LogP contribution is -2.46. The van der Waals surface area contributed by atoms with Crippen LogP contribution in [0.1, 0.15) is 32.1 Å². The van der Waals surface area contributed by atoms with Crippen LogP contribution in [0.25, 0.3) is 0 Å². The SMILES string of the molecule is O=C(NCCC1CCOC1)N1CCCC(O)(C(F)(F)F)CC1. The molecule has 2 unspecified atom stereocenters. The van der Waals surface area contributed by atoms with Crippen LogP contribution in [0.15, 0.2) is 0 Å². The van der Waals surface area contributed by atoms with Crippen LogP contribution in [-0.2, 0) is 4.74 Å². The van der Waals surface area contributed by atoms with Gasteiger partial charge in [-0.15, -0.1) is 0 Å². The summed E-state index contributed by atoms with van der Waals surface area (Å²) in [6.07, 6.45) is -3.55. The zero-order valence-corrected chi connectivity index (χ0v) is 12.5. The molecule has 22 heavy (non-hydrogen) atoms. The van der Waals surface area contributed by atoms with Crippen molar-refractivity contribution in [1.82, 2.24) is 10.2 Å². The molecule has 2 saturated heterocycles. The van der Waals surface area contributed by atoms with Crippen LogP contribution in [0.5, 0.6) is 0 Å². The summed E-state index contributed by atoms with van der Waals surface area (Å²) in [5.74, 6) is 0.444. The molecule has 2 atom stereocenters. The number of aliphatic hydroxyl groups is 1. The number of alkyl halides is 3.